The van der Waals surface area contributed by atoms with Gasteiger partial charge in [-0.05, 0) is 29.7 Å². The smallest absolute Gasteiger partial charge is 0.319 e. The highest BCUT2D eigenvalue weighted by atomic mass is 16.5. The zero-order valence-electron chi connectivity index (χ0n) is 15.1. The van der Waals surface area contributed by atoms with Gasteiger partial charge in [-0.3, -0.25) is 4.79 Å². The fraction of sp³-hybridized carbons (Fsp3) is 0.238. The fourth-order valence-corrected chi connectivity index (χ4v) is 3.56. The summed E-state index contributed by atoms with van der Waals surface area (Å²) in [6.45, 7) is 1.02. The van der Waals surface area contributed by atoms with Gasteiger partial charge in [0.1, 0.15) is 5.75 Å². The van der Waals surface area contributed by atoms with Gasteiger partial charge in [0.2, 0.25) is 0 Å². The van der Waals surface area contributed by atoms with E-state index in [4.69, 9.17) is 4.74 Å². The van der Waals surface area contributed by atoms with E-state index in [1.165, 1.54) is 0 Å². The summed E-state index contributed by atoms with van der Waals surface area (Å²) in [7, 11) is 1.64. The van der Waals surface area contributed by atoms with E-state index in [0.29, 0.717) is 24.4 Å². The molecule has 1 atom stereocenters. The van der Waals surface area contributed by atoms with E-state index in [0.717, 1.165) is 23.3 Å². The number of rotatable bonds is 5. The van der Waals surface area contributed by atoms with E-state index < -0.39 is 6.04 Å². The van der Waals surface area contributed by atoms with Crippen molar-refractivity contribution in [2.24, 2.45) is 0 Å². The molecule has 2 aliphatic heterocycles. The first-order valence-electron chi connectivity index (χ1n) is 8.93. The van der Waals surface area contributed by atoms with Crippen molar-refractivity contribution in [3.63, 3.8) is 0 Å². The van der Waals surface area contributed by atoms with E-state index in [2.05, 4.69) is 10.6 Å². The lowest BCUT2D eigenvalue weighted by molar-refractivity contribution is -0.125. The van der Waals surface area contributed by atoms with E-state index in [9.17, 15) is 9.59 Å². The van der Waals surface area contributed by atoms with Crippen molar-refractivity contribution < 1.29 is 14.3 Å². The maximum atomic E-state index is 13.0. The second-order valence-electron chi connectivity index (χ2n) is 6.66. The van der Waals surface area contributed by atoms with Crippen LogP contribution in [0.1, 0.15) is 17.2 Å². The summed E-state index contributed by atoms with van der Waals surface area (Å²) >= 11 is 0. The molecule has 0 aromatic heterocycles. The average molecular weight is 363 g/mol. The Morgan fingerprint density at radius 3 is 2.52 bits per heavy atom. The van der Waals surface area contributed by atoms with Gasteiger partial charge in [-0.2, -0.15) is 0 Å². The molecule has 0 bridgehead atoms. The number of carbonyl (C=O) groups excluding carboxylic acids is 2. The molecule has 2 aromatic carbocycles. The lowest BCUT2D eigenvalue weighted by Gasteiger charge is -2.25. The predicted octanol–water partition coefficient (Wildman–Crippen LogP) is 2.39. The molecule has 0 aliphatic carbocycles. The number of benzene rings is 2. The van der Waals surface area contributed by atoms with E-state index in [-0.39, 0.29) is 11.9 Å². The number of nitrogens with zero attached hydrogens (tertiary/aromatic N) is 1. The van der Waals surface area contributed by atoms with Gasteiger partial charge in [-0.15, -0.1) is 0 Å². The van der Waals surface area contributed by atoms with Crippen LogP contribution in [-0.2, 0) is 11.2 Å². The number of methoxy groups -OCH3 is 1. The Morgan fingerprint density at radius 1 is 1.07 bits per heavy atom. The molecule has 0 spiro atoms. The zero-order chi connectivity index (χ0) is 18.8. The molecule has 1 unspecified atom stereocenters. The molecule has 2 aromatic rings. The summed E-state index contributed by atoms with van der Waals surface area (Å²) in [5, 5.41) is 5.67. The summed E-state index contributed by atoms with van der Waals surface area (Å²) in [5.41, 5.74) is 3.38. The van der Waals surface area contributed by atoms with E-state index in [1.807, 2.05) is 54.6 Å². The van der Waals surface area contributed by atoms with Crippen LogP contribution in [0, 0.1) is 0 Å². The molecule has 2 heterocycles. The van der Waals surface area contributed by atoms with Crippen molar-refractivity contribution in [3.8, 4) is 5.75 Å². The van der Waals surface area contributed by atoms with Crippen molar-refractivity contribution in [3.05, 3.63) is 77.0 Å². The molecule has 2 N–H and O–H groups in total. The van der Waals surface area contributed by atoms with Gasteiger partial charge >= 0.3 is 6.03 Å². The standard InChI is InChI=1S/C21H21N3O3/c1-27-16-9-7-14(8-10-16)11-12-24-13-17-18(20(24)25)19(23-21(26)22-17)15-5-3-2-4-6-15/h2-10,19H,11-13H2,1H3,(H2,22,23,26). The van der Waals surface area contributed by atoms with Crippen LogP contribution in [-0.4, -0.2) is 37.0 Å². The highest BCUT2D eigenvalue weighted by Gasteiger charge is 2.39. The maximum absolute atomic E-state index is 13.0. The Labute approximate surface area is 157 Å². The second-order valence-corrected chi connectivity index (χ2v) is 6.66. The van der Waals surface area contributed by atoms with Crippen LogP contribution in [0.3, 0.4) is 0 Å². The zero-order valence-corrected chi connectivity index (χ0v) is 15.1. The minimum Gasteiger partial charge on any atom is -0.497 e. The molecule has 2 aliphatic rings. The highest BCUT2D eigenvalue weighted by molar-refractivity contribution is 6.01. The van der Waals surface area contributed by atoms with Crippen molar-refractivity contribution >= 4 is 11.9 Å². The first kappa shape index (κ1) is 17.1. The first-order chi connectivity index (χ1) is 13.2. The number of urea groups is 1. The molecule has 4 rings (SSSR count). The third kappa shape index (κ3) is 3.38. The average Bonchev–Trinajstić information content (AvgIpc) is 3.02. The number of ether oxygens (including phenoxy) is 1. The Kier molecular flexibility index (Phi) is 4.54. The third-order valence-corrected chi connectivity index (χ3v) is 4.98. The van der Waals surface area contributed by atoms with Crippen LogP contribution in [0.2, 0.25) is 0 Å². The van der Waals surface area contributed by atoms with Gasteiger partial charge in [0.15, 0.2) is 0 Å². The number of carbonyl (C=O) groups is 2. The van der Waals surface area contributed by atoms with Crippen LogP contribution in [0.15, 0.2) is 65.9 Å². The summed E-state index contributed by atoms with van der Waals surface area (Å²) in [4.78, 5) is 26.8. The predicted molar refractivity (Wildman–Crippen MR) is 101 cm³/mol. The first-order valence-corrected chi connectivity index (χ1v) is 8.93. The van der Waals surface area contributed by atoms with Crippen molar-refractivity contribution in [2.75, 3.05) is 20.2 Å². The molecule has 0 saturated carbocycles. The fourth-order valence-electron chi connectivity index (χ4n) is 3.56. The van der Waals surface area contributed by atoms with E-state index >= 15 is 0 Å². The van der Waals surface area contributed by atoms with Gasteiger partial charge in [-0.25, -0.2) is 4.79 Å². The topological polar surface area (TPSA) is 70.7 Å². The molecule has 6 nitrogen and oxygen atoms in total. The van der Waals surface area contributed by atoms with Gasteiger partial charge < -0.3 is 20.3 Å². The lowest BCUT2D eigenvalue weighted by Crippen LogP contribution is -2.44. The molecule has 3 amide bonds. The highest BCUT2D eigenvalue weighted by Crippen LogP contribution is 2.32. The second kappa shape index (κ2) is 7.15. The largest absolute Gasteiger partial charge is 0.497 e. The Morgan fingerprint density at radius 2 is 1.81 bits per heavy atom. The molecular formula is C21H21N3O3. The SMILES string of the molecule is COc1ccc(CCN2CC3=C(C2=O)C(c2ccccc2)NC(=O)N3)cc1. The van der Waals surface area contributed by atoms with Gasteiger partial charge in [0, 0.05) is 6.54 Å². The minimum absolute atomic E-state index is 0.0279. The van der Waals surface area contributed by atoms with E-state index in [1.54, 1.807) is 12.0 Å². The number of hydrogen-bond acceptors (Lipinski definition) is 3. The number of nitrogens with one attached hydrogen (secondary N) is 2. The van der Waals surface area contributed by atoms with Gasteiger partial charge in [-0.1, -0.05) is 42.5 Å². The molecule has 0 fully saturated rings. The Hall–Kier alpha value is -3.28. The van der Waals surface area contributed by atoms with Gasteiger partial charge in [0.25, 0.3) is 5.91 Å². The van der Waals surface area contributed by atoms with Crippen molar-refractivity contribution in [1.82, 2.24) is 15.5 Å². The Balaban J connectivity index is 1.49. The van der Waals surface area contributed by atoms with Crippen LogP contribution in [0.25, 0.3) is 0 Å². The normalized spacial score (nSPS) is 18.9. The molecular weight excluding hydrogens is 342 g/mol. The van der Waals surface area contributed by atoms with Crippen LogP contribution in [0.5, 0.6) is 5.75 Å². The monoisotopic (exact) mass is 363 g/mol. The Bertz CT molecular complexity index is 891. The van der Waals surface area contributed by atoms with Crippen molar-refractivity contribution in [1.29, 1.82) is 0 Å². The van der Waals surface area contributed by atoms with Crippen LogP contribution >= 0.6 is 0 Å². The summed E-state index contributed by atoms with van der Waals surface area (Å²) in [6, 6.07) is 16.7. The maximum Gasteiger partial charge on any atom is 0.319 e. The lowest BCUT2D eigenvalue weighted by atomic mass is 9.96. The molecule has 6 heteroatoms. The summed E-state index contributed by atoms with van der Waals surface area (Å²) < 4.78 is 5.17. The molecule has 0 radical (unpaired) electrons. The molecule has 0 saturated heterocycles. The third-order valence-electron chi connectivity index (χ3n) is 4.98. The van der Waals surface area contributed by atoms with Crippen LogP contribution in [0.4, 0.5) is 4.79 Å². The molecule has 27 heavy (non-hydrogen) atoms. The van der Waals surface area contributed by atoms with Gasteiger partial charge in [0.05, 0.1) is 31.0 Å². The van der Waals surface area contributed by atoms with Crippen LogP contribution < -0.4 is 15.4 Å². The molecule has 138 valence electrons. The number of hydrogen-bond donors (Lipinski definition) is 2. The number of amides is 3. The summed E-state index contributed by atoms with van der Waals surface area (Å²) in [5.74, 6) is 0.785. The quantitative estimate of drug-likeness (QED) is 0.857. The summed E-state index contributed by atoms with van der Waals surface area (Å²) in [6.07, 6.45) is 0.744. The minimum atomic E-state index is -0.409. The van der Waals surface area contributed by atoms with Crippen molar-refractivity contribution in [2.45, 2.75) is 12.5 Å².